The first kappa shape index (κ1) is 35.0. The van der Waals surface area contributed by atoms with Gasteiger partial charge in [-0.05, 0) is 87.2 Å². The summed E-state index contributed by atoms with van der Waals surface area (Å²) < 4.78 is 31.8. The molecule has 7 heterocycles. The van der Waals surface area contributed by atoms with E-state index in [0.717, 1.165) is 73.9 Å². The molecule has 3 saturated heterocycles. The normalized spacial score (nSPS) is 20.6. The third-order valence-corrected chi connectivity index (χ3v) is 11.7. The van der Waals surface area contributed by atoms with Gasteiger partial charge in [0.25, 0.3) is 5.91 Å². The molecular weight excluding hydrogens is 705 g/mol. The Labute approximate surface area is 316 Å². The summed E-state index contributed by atoms with van der Waals surface area (Å²) in [5, 5.41) is 7.30. The van der Waals surface area contributed by atoms with E-state index in [1.54, 1.807) is 30.5 Å². The van der Waals surface area contributed by atoms with Crippen molar-refractivity contribution in [3.63, 3.8) is 0 Å². The van der Waals surface area contributed by atoms with Gasteiger partial charge in [-0.3, -0.25) is 24.6 Å². The molecule has 0 spiro atoms. The van der Waals surface area contributed by atoms with Crippen molar-refractivity contribution >= 4 is 35.0 Å². The van der Waals surface area contributed by atoms with Crippen LogP contribution in [0.1, 0.15) is 71.6 Å². The summed E-state index contributed by atoms with van der Waals surface area (Å²) in [4.78, 5) is 54.9. The quantitative estimate of drug-likeness (QED) is 0.212. The Morgan fingerprint density at radius 1 is 0.873 bits per heavy atom. The second-order valence-corrected chi connectivity index (χ2v) is 15.0. The number of hydrogen-bond acceptors (Lipinski definition) is 9. The number of benzene rings is 2. The molecule has 3 amide bonds. The molecule has 55 heavy (non-hydrogen) atoms. The molecule has 282 valence electrons. The molecule has 4 aliphatic heterocycles. The minimum Gasteiger partial charge on any atom is -0.356 e. The summed E-state index contributed by atoms with van der Waals surface area (Å²) in [7, 11) is 2.00. The Bertz CT molecular complexity index is 2320. The second kappa shape index (κ2) is 14.1. The van der Waals surface area contributed by atoms with Crippen LogP contribution in [0, 0.1) is 11.6 Å². The number of pyridine rings is 1. The minimum atomic E-state index is -0.783. The van der Waals surface area contributed by atoms with E-state index in [9.17, 15) is 18.8 Å². The zero-order valence-electron chi connectivity index (χ0n) is 30.5. The lowest BCUT2D eigenvalue weighted by Crippen LogP contribution is -2.52. The van der Waals surface area contributed by atoms with Gasteiger partial charge in [0, 0.05) is 55.3 Å². The fourth-order valence-corrected chi connectivity index (χ4v) is 8.74. The predicted octanol–water partition coefficient (Wildman–Crippen LogP) is 5.27. The van der Waals surface area contributed by atoms with E-state index >= 15 is 4.39 Å². The molecule has 2 atom stereocenters. The Morgan fingerprint density at radius 3 is 2.53 bits per heavy atom. The number of nitrogens with one attached hydrogen (secondary N) is 1. The van der Waals surface area contributed by atoms with E-state index < -0.39 is 17.8 Å². The van der Waals surface area contributed by atoms with Gasteiger partial charge in [0.1, 0.15) is 35.0 Å². The average Bonchev–Trinajstić information content (AvgIpc) is 3.94. The van der Waals surface area contributed by atoms with Gasteiger partial charge in [0.15, 0.2) is 5.65 Å². The Morgan fingerprint density at radius 2 is 1.71 bits per heavy atom. The van der Waals surface area contributed by atoms with Crippen molar-refractivity contribution in [2.75, 3.05) is 36.5 Å². The third-order valence-electron chi connectivity index (χ3n) is 11.7. The van der Waals surface area contributed by atoms with Crippen LogP contribution in [0.4, 0.5) is 20.4 Å². The number of nitrogens with zero attached hydrogens (tertiary/aromatic N) is 8. The van der Waals surface area contributed by atoms with Crippen LogP contribution in [-0.2, 0) is 22.7 Å². The van der Waals surface area contributed by atoms with Crippen LogP contribution in [0.15, 0.2) is 72.9 Å². The van der Waals surface area contributed by atoms with E-state index in [1.165, 1.54) is 11.0 Å². The maximum Gasteiger partial charge on any atom is 0.255 e. The van der Waals surface area contributed by atoms with Gasteiger partial charge in [0.2, 0.25) is 11.8 Å². The molecule has 9 rings (SSSR count). The second-order valence-electron chi connectivity index (χ2n) is 15.0. The lowest BCUT2D eigenvalue weighted by Gasteiger charge is -2.37. The summed E-state index contributed by atoms with van der Waals surface area (Å²) in [6.45, 7) is 2.78. The van der Waals surface area contributed by atoms with E-state index in [-0.39, 0.29) is 54.7 Å². The van der Waals surface area contributed by atoms with Crippen molar-refractivity contribution in [1.82, 2.24) is 34.7 Å². The highest BCUT2D eigenvalue weighted by Crippen LogP contribution is 2.36. The molecule has 0 saturated carbocycles. The molecule has 1 N–H and O–H groups in total. The molecule has 14 heteroatoms. The van der Waals surface area contributed by atoms with E-state index in [1.807, 2.05) is 48.0 Å². The molecule has 5 aromatic rings. The number of carbonyl (C=O) groups excluding carboxylic acids is 3. The summed E-state index contributed by atoms with van der Waals surface area (Å²) in [5.41, 5.74) is 4.31. The number of imidazole rings is 1. The lowest BCUT2D eigenvalue weighted by molar-refractivity contribution is -0.136. The van der Waals surface area contributed by atoms with Crippen LogP contribution in [0.25, 0.3) is 17.0 Å². The molecule has 3 aromatic heterocycles. The average molecular weight is 746 g/mol. The first-order chi connectivity index (χ1) is 26.7. The molecule has 0 bridgehead atoms. The van der Waals surface area contributed by atoms with Gasteiger partial charge in [-0.25, -0.2) is 23.3 Å². The van der Waals surface area contributed by atoms with Crippen molar-refractivity contribution in [3.05, 3.63) is 107 Å². The lowest BCUT2D eigenvalue weighted by atomic mass is 10.0. The summed E-state index contributed by atoms with van der Waals surface area (Å²) in [5.74, 6) is -0.222. The minimum absolute atomic E-state index is 0.00999. The highest BCUT2D eigenvalue weighted by atomic mass is 19.1. The Balaban J connectivity index is 0.859. The molecule has 1 unspecified atom stereocenters. The highest BCUT2D eigenvalue weighted by Gasteiger charge is 2.40. The number of piperidine rings is 2. The monoisotopic (exact) mass is 745 g/mol. The number of fused-ring (bicyclic) bond motifs is 2. The molecule has 3 fully saturated rings. The van der Waals surface area contributed by atoms with Gasteiger partial charge < -0.3 is 14.7 Å². The number of carbonyl (C=O) groups is 3. The molecule has 0 aliphatic carbocycles. The molecule has 12 nitrogen and oxygen atoms in total. The van der Waals surface area contributed by atoms with Crippen molar-refractivity contribution in [2.45, 2.75) is 69.7 Å². The Hall–Kier alpha value is -5.76. The number of hydrogen-bond donors (Lipinski definition) is 1. The van der Waals surface area contributed by atoms with Crippen molar-refractivity contribution in [3.8, 4) is 11.4 Å². The molecule has 2 aromatic carbocycles. The number of amides is 3. The molecular formula is C41H41F2N9O3. The zero-order chi connectivity index (χ0) is 37.8. The fraction of sp³-hybridized carbons (Fsp3) is 0.366. The maximum atomic E-state index is 15.9. The topological polar surface area (TPSA) is 119 Å². The highest BCUT2D eigenvalue weighted by molar-refractivity contribution is 6.05. The smallest absolute Gasteiger partial charge is 0.255 e. The van der Waals surface area contributed by atoms with Crippen LogP contribution < -0.4 is 15.1 Å². The SMILES string of the molecule is CN(Cc1ccc2c(c1F)CN(C1CCC(=O)NC1=O)C2=O)C1CCN(c2cccc(-c3cnc4ccc(N5CCC[C@@H]5c5cccc(F)c5)nn34)n2)CC1. The van der Waals surface area contributed by atoms with Crippen LogP contribution in [0.3, 0.4) is 0 Å². The molecule has 0 radical (unpaired) electrons. The van der Waals surface area contributed by atoms with Gasteiger partial charge in [-0.15, -0.1) is 5.10 Å². The van der Waals surface area contributed by atoms with E-state index in [4.69, 9.17) is 10.1 Å². The van der Waals surface area contributed by atoms with Crippen LogP contribution in [0.2, 0.25) is 0 Å². The summed E-state index contributed by atoms with van der Waals surface area (Å²) >= 11 is 0. The Kier molecular flexibility index (Phi) is 8.99. The molecule has 4 aliphatic rings. The number of imide groups is 1. The third kappa shape index (κ3) is 6.47. The van der Waals surface area contributed by atoms with Crippen molar-refractivity contribution in [2.24, 2.45) is 0 Å². The van der Waals surface area contributed by atoms with Crippen molar-refractivity contribution in [1.29, 1.82) is 0 Å². The number of aromatic nitrogens is 4. The number of anilines is 2. The van der Waals surface area contributed by atoms with Gasteiger partial charge in [-0.1, -0.05) is 24.3 Å². The summed E-state index contributed by atoms with van der Waals surface area (Å²) in [6.07, 6.45) is 5.83. The predicted molar refractivity (Wildman–Crippen MR) is 201 cm³/mol. The summed E-state index contributed by atoms with van der Waals surface area (Å²) in [6, 6.07) is 19.6. The van der Waals surface area contributed by atoms with E-state index in [2.05, 4.69) is 25.0 Å². The standard InChI is InChI=1S/C41H41F2N9O3/c1-48(23-26-10-11-29-30(39(26)43)24-51(41(29)55)33-12-15-38(53)46-40(33)54)28-16-19-49(20-17-28)36-9-3-7-31(45-36)34-22-44-35-13-14-37(47-52(34)35)50-18-4-8-32(50)25-5-2-6-27(42)21-25/h2-3,5-7,9-11,13-14,21-22,28,32-33H,4,8,12,15-20,23-24H2,1H3,(H,46,53,54)/t32-,33?/m1/s1. The van der Waals surface area contributed by atoms with Crippen LogP contribution in [-0.4, -0.2) is 85.9 Å². The fourth-order valence-electron chi connectivity index (χ4n) is 8.74. The van der Waals surface area contributed by atoms with Crippen LogP contribution >= 0.6 is 0 Å². The van der Waals surface area contributed by atoms with E-state index in [0.29, 0.717) is 23.3 Å². The number of rotatable bonds is 8. The van der Waals surface area contributed by atoms with Gasteiger partial charge >= 0.3 is 0 Å². The number of halogens is 2. The maximum absolute atomic E-state index is 15.9. The largest absolute Gasteiger partial charge is 0.356 e. The zero-order valence-corrected chi connectivity index (χ0v) is 30.5. The first-order valence-corrected chi connectivity index (χ1v) is 19.0. The first-order valence-electron chi connectivity index (χ1n) is 19.0. The van der Waals surface area contributed by atoms with Gasteiger partial charge in [0.05, 0.1) is 24.5 Å². The van der Waals surface area contributed by atoms with Crippen molar-refractivity contribution < 1.29 is 23.2 Å². The van der Waals surface area contributed by atoms with Gasteiger partial charge in [-0.2, -0.15) is 0 Å². The van der Waals surface area contributed by atoms with Crippen LogP contribution in [0.5, 0.6) is 0 Å².